The van der Waals surface area contributed by atoms with Gasteiger partial charge in [-0.1, -0.05) is 18.6 Å². The maximum Gasteiger partial charge on any atom is 0.225 e. The molecular weight excluding hydrogens is 338 g/mol. The third-order valence-corrected chi connectivity index (χ3v) is 6.57. The number of hydrogen-bond acceptors (Lipinski definition) is 3. The molecule has 0 spiro atoms. The molecule has 3 aliphatic rings. The molecule has 0 aromatic heterocycles. The monoisotopic (exact) mass is 369 g/mol. The van der Waals surface area contributed by atoms with Crippen LogP contribution in [0.1, 0.15) is 37.7 Å². The molecule has 1 aromatic rings. The number of hydrogen-bond donors (Lipinski definition) is 0. The Morgan fingerprint density at radius 2 is 1.41 bits per heavy atom. The fourth-order valence-electron chi connectivity index (χ4n) is 4.53. The standard InChI is InChI=1S/C22H31N3O2/c1-17-4-2-7-20(16-17)23-12-14-25(15-13-23)22(27)19-8-10-24(11-9-19)21(26)18-5-3-6-18/h2,4,7,16,18-19H,3,5-6,8-15H2,1H3. The Hall–Kier alpha value is -2.04. The predicted octanol–water partition coefficient (Wildman–Crippen LogP) is 2.68. The van der Waals surface area contributed by atoms with Crippen molar-refractivity contribution in [2.45, 2.75) is 39.0 Å². The van der Waals surface area contributed by atoms with E-state index in [0.29, 0.717) is 11.8 Å². The van der Waals surface area contributed by atoms with Gasteiger partial charge in [0.1, 0.15) is 0 Å². The average molecular weight is 370 g/mol. The van der Waals surface area contributed by atoms with Gasteiger partial charge >= 0.3 is 0 Å². The molecule has 5 nitrogen and oxygen atoms in total. The molecule has 5 heteroatoms. The lowest BCUT2D eigenvalue weighted by atomic mass is 9.83. The van der Waals surface area contributed by atoms with Crippen molar-refractivity contribution in [2.75, 3.05) is 44.2 Å². The van der Waals surface area contributed by atoms with E-state index in [4.69, 9.17) is 0 Å². The largest absolute Gasteiger partial charge is 0.368 e. The fourth-order valence-corrected chi connectivity index (χ4v) is 4.53. The van der Waals surface area contributed by atoms with E-state index >= 15 is 0 Å². The van der Waals surface area contributed by atoms with Gasteiger partial charge in [0.05, 0.1) is 0 Å². The van der Waals surface area contributed by atoms with Crippen molar-refractivity contribution in [3.05, 3.63) is 29.8 Å². The molecule has 146 valence electrons. The first kappa shape index (κ1) is 18.3. The maximum absolute atomic E-state index is 12.9. The Morgan fingerprint density at radius 1 is 0.815 bits per heavy atom. The zero-order chi connectivity index (χ0) is 18.8. The molecule has 2 saturated heterocycles. The number of aryl methyl sites for hydroxylation is 1. The highest BCUT2D eigenvalue weighted by atomic mass is 16.2. The normalized spacial score (nSPS) is 21.9. The third kappa shape index (κ3) is 3.97. The number of likely N-dealkylation sites (tertiary alicyclic amines) is 1. The van der Waals surface area contributed by atoms with E-state index in [1.165, 1.54) is 17.7 Å². The van der Waals surface area contributed by atoms with Crippen LogP contribution in [0, 0.1) is 18.8 Å². The van der Waals surface area contributed by atoms with Crippen LogP contribution in [-0.2, 0) is 9.59 Å². The molecular formula is C22H31N3O2. The van der Waals surface area contributed by atoms with Gasteiger partial charge < -0.3 is 14.7 Å². The van der Waals surface area contributed by atoms with E-state index in [-0.39, 0.29) is 11.8 Å². The molecule has 0 radical (unpaired) electrons. The van der Waals surface area contributed by atoms with Gasteiger partial charge in [0.15, 0.2) is 0 Å². The Labute approximate surface area is 162 Å². The summed E-state index contributed by atoms with van der Waals surface area (Å²) in [5.74, 6) is 1.00. The van der Waals surface area contributed by atoms with Crippen molar-refractivity contribution in [2.24, 2.45) is 11.8 Å². The predicted molar refractivity (Wildman–Crippen MR) is 107 cm³/mol. The quantitative estimate of drug-likeness (QED) is 0.823. The number of piperidine rings is 1. The molecule has 0 bridgehead atoms. The summed E-state index contributed by atoms with van der Waals surface area (Å²) in [5.41, 5.74) is 2.53. The molecule has 2 aliphatic heterocycles. The van der Waals surface area contributed by atoms with E-state index in [1.807, 2.05) is 9.80 Å². The fraction of sp³-hybridized carbons (Fsp3) is 0.636. The van der Waals surface area contributed by atoms with Gasteiger partial charge in [0, 0.05) is 56.8 Å². The summed E-state index contributed by atoms with van der Waals surface area (Å²) in [7, 11) is 0. The van der Waals surface area contributed by atoms with Crippen LogP contribution in [0.25, 0.3) is 0 Å². The Balaban J connectivity index is 1.25. The Kier molecular flexibility index (Phi) is 5.37. The summed E-state index contributed by atoms with van der Waals surface area (Å²) in [6.07, 6.45) is 4.97. The highest BCUT2D eigenvalue weighted by Crippen LogP contribution is 2.30. The van der Waals surface area contributed by atoms with Gasteiger partial charge in [-0.05, 0) is 50.3 Å². The van der Waals surface area contributed by atoms with Crippen LogP contribution >= 0.6 is 0 Å². The molecule has 3 fully saturated rings. The number of amides is 2. The van der Waals surface area contributed by atoms with Crippen molar-refractivity contribution in [1.82, 2.24) is 9.80 Å². The van der Waals surface area contributed by atoms with Crippen molar-refractivity contribution in [1.29, 1.82) is 0 Å². The van der Waals surface area contributed by atoms with Crippen LogP contribution in [0.3, 0.4) is 0 Å². The van der Waals surface area contributed by atoms with Gasteiger partial charge in [0.2, 0.25) is 11.8 Å². The van der Waals surface area contributed by atoms with Crippen LogP contribution in [0.4, 0.5) is 5.69 Å². The summed E-state index contributed by atoms with van der Waals surface area (Å²) in [6.45, 7) is 7.03. The number of nitrogens with zero attached hydrogens (tertiary/aromatic N) is 3. The van der Waals surface area contributed by atoms with E-state index in [1.54, 1.807) is 0 Å². The maximum atomic E-state index is 12.9. The molecule has 0 unspecified atom stereocenters. The highest BCUT2D eigenvalue weighted by Gasteiger charge is 2.35. The summed E-state index contributed by atoms with van der Waals surface area (Å²) < 4.78 is 0. The lowest BCUT2D eigenvalue weighted by Crippen LogP contribution is -2.52. The number of rotatable bonds is 3. The van der Waals surface area contributed by atoms with Gasteiger partial charge in [-0.3, -0.25) is 9.59 Å². The zero-order valence-electron chi connectivity index (χ0n) is 16.4. The summed E-state index contributed by atoms with van der Waals surface area (Å²) >= 11 is 0. The first-order valence-electron chi connectivity index (χ1n) is 10.5. The number of benzene rings is 1. The summed E-state index contributed by atoms with van der Waals surface area (Å²) in [6, 6.07) is 8.58. The average Bonchev–Trinajstić information content (AvgIpc) is 2.66. The van der Waals surface area contributed by atoms with E-state index in [2.05, 4.69) is 36.1 Å². The number of piperazine rings is 1. The minimum Gasteiger partial charge on any atom is -0.368 e. The first-order valence-corrected chi connectivity index (χ1v) is 10.5. The van der Waals surface area contributed by atoms with Gasteiger partial charge in [-0.2, -0.15) is 0 Å². The van der Waals surface area contributed by atoms with E-state index in [9.17, 15) is 9.59 Å². The second-order valence-corrected chi connectivity index (χ2v) is 8.38. The zero-order valence-corrected chi connectivity index (χ0v) is 16.4. The van der Waals surface area contributed by atoms with Crippen molar-refractivity contribution < 1.29 is 9.59 Å². The topological polar surface area (TPSA) is 43.9 Å². The minimum atomic E-state index is 0.0981. The van der Waals surface area contributed by atoms with Gasteiger partial charge in [-0.25, -0.2) is 0 Å². The second-order valence-electron chi connectivity index (χ2n) is 8.38. The third-order valence-electron chi connectivity index (χ3n) is 6.57. The molecule has 1 aliphatic carbocycles. The Bertz CT molecular complexity index is 685. The second kappa shape index (κ2) is 7.91. The van der Waals surface area contributed by atoms with Crippen molar-refractivity contribution in [3.63, 3.8) is 0 Å². The molecule has 2 heterocycles. The Morgan fingerprint density at radius 3 is 1.96 bits per heavy atom. The lowest BCUT2D eigenvalue weighted by Gasteiger charge is -2.40. The molecule has 27 heavy (non-hydrogen) atoms. The smallest absolute Gasteiger partial charge is 0.225 e. The van der Waals surface area contributed by atoms with Crippen LogP contribution < -0.4 is 4.90 Å². The van der Waals surface area contributed by atoms with Crippen molar-refractivity contribution >= 4 is 17.5 Å². The van der Waals surface area contributed by atoms with E-state index in [0.717, 1.165) is 65.0 Å². The lowest BCUT2D eigenvalue weighted by molar-refractivity contribution is -0.144. The molecule has 1 saturated carbocycles. The van der Waals surface area contributed by atoms with Gasteiger partial charge in [-0.15, -0.1) is 0 Å². The number of carbonyl (C=O) groups excluding carboxylic acids is 2. The molecule has 0 atom stereocenters. The SMILES string of the molecule is Cc1cccc(N2CCN(C(=O)C3CCN(C(=O)C4CCC4)CC3)CC2)c1. The van der Waals surface area contributed by atoms with Gasteiger partial charge in [0.25, 0.3) is 0 Å². The van der Waals surface area contributed by atoms with Crippen LogP contribution in [0.5, 0.6) is 0 Å². The number of carbonyl (C=O) groups is 2. The number of anilines is 1. The minimum absolute atomic E-state index is 0.0981. The molecule has 1 aromatic carbocycles. The van der Waals surface area contributed by atoms with Crippen LogP contribution in [0.2, 0.25) is 0 Å². The highest BCUT2D eigenvalue weighted by molar-refractivity contribution is 5.81. The summed E-state index contributed by atoms with van der Waals surface area (Å²) in [5, 5.41) is 0. The van der Waals surface area contributed by atoms with Crippen LogP contribution in [0.15, 0.2) is 24.3 Å². The molecule has 0 N–H and O–H groups in total. The first-order chi connectivity index (χ1) is 13.1. The molecule has 2 amide bonds. The summed E-state index contributed by atoms with van der Waals surface area (Å²) in [4.78, 5) is 31.7. The van der Waals surface area contributed by atoms with E-state index < -0.39 is 0 Å². The van der Waals surface area contributed by atoms with Crippen LogP contribution in [-0.4, -0.2) is 60.9 Å². The molecule has 4 rings (SSSR count). The van der Waals surface area contributed by atoms with Crippen molar-refractivity contribution in [3.8, 4) is 0 Å².